The molecule has 19 heavy (non-hydrogen) atoms. The van der Waals surface area contributed by atoms with Gasteiger partial charge in [-0.3, -0.25) is 5.32 Å². The Bertz CT molecular complexity index is 343. The number of hydrogen-bond acceptors (Lipinski definition) is 3. The molecule has 1 N–H and O–H groups in total. The van der Waals surface area contributed by atoms with Crippen molar-refractivity contribution in [3.05, 3.63) is 0 Å². The molecule has 3 nitrogen and oxygen atoms in total. The molecule has 1 aliphatic rings. The number of halogens is 6. The Balaban J connectivity index is 2.67. The largest absolute Gasteiger partial charge is 0.423 e. The Morgan fingerprint density at radius 2 is 1.68 bits per heavy atom. The van der Waals surface area contributed by atoms with Gasteiger partial charge < -0.3 is 4.74 Å². The lowest BCUT2D eigenvalue weighted by atomic mass is 10.1. The lowest BCUT2D eigenvalue weighted by molar-refractivity contribution is -0.323. The van der Waals surface area contributed by atoms with Gasteiger partial charge in [-0.15, -0.1) is 0 Å². The smallest absolute Gasteiger partial charge is 0.358 e. The van der Waals surface area contributed by atoms with Gasteiger partial charge >= 0.3 is 12.4 Å². The van der Waals surface area contributed by atoms with Gasteiger partial charge in [-0.2, -0.15) is 31.6 Å². The van der Waals surface area contributed by atoms with Gasteiger partial charge in [0.15, 0.2) is 0 Å². The van der Waals surface area contributed by atoms with Crippen molar-refractivity contribution in [1.82, 2.24) is 5.32 Å². The molecule has 0 amide bonds. The highest BCUT2D eigenvalue weighted by atomic mass is 19.4. The molecule has 0 aliphatic heterocycles. The van der Waals surface area contributed by atoms with Crippen LogP contribution in [0.2, 0.25) is 0 Å². The fourth-order valence-corrected chi connectivity index (χ4v) is 1.41. The van der Waals surface area contributed by atoms with Gasteiger partial charge in [-0.1, -0.05) is 0 Å². The maximum absolute atomic E-state index is 12.2. The summed E-state index contributed by atoms with van der Waals surface area (Å²) in [5, 5.41) is 11.5. The third kappa shape index (κ3) is 4.87. The lowest BCUT2D eigenvalue weighted by Crippen LogP contribution is -2.51. The topological polar surface area (TPSA) is 45.0 Å². The average molecular weight is 290 g/mol. The standard InChI is InChI=1S/C10H12F6N2O/c1-8(4-17,18-6-2-3-6)5-19-7(9(11,12)13)10(14,15)16/h6-7,18H,2-3,5H2,1H3. The first kappa shape index (κ1) is 16.0. The van der Waals surface area contributed by atoms with Crippen molar-refractivity contribution >= 4 is 0 Å². The van der Waals surface area contributed by atoms with Gasteiger partial charge in [0.25, 0.3) is 0 Å². The summed E-state index contributed by atoms with van der Waals surface area (Å²) in [7, 11) is 0. The Hall–Kier alpha value is -1.01. The molecule has 1 rings (SSSR count). The summed E-state index contributed by atoms with van der Waals surface area (Å²) >= 11 is 0. The van der Waals surface area contributed by atoms with E-state index in [0.717, 1.165) is 12.8 Å². The zero-order valence-electron chi connectivity index (χ0n) is 9.90. The summed E-state index contributed by atoms with van der Waals surface area (Å²) in [5.41, 5.74) is -1.57. The van der Waals surface area contributed by atoms with E-state index >= 15 is 0 Å². The van der Waals surface area contributed by atoms with Crippen LogP contribution in [0.25, 0.3) is 0 Å². The molecule has 0 aromatic rings. The summed E-state index contributed by atoms with van der Waals surface area (Å²) in [5.74, 6) is 0. The second-order valence-electron chi connectivity index (χ2n) is 4.64. The molecule has 110 valence electrons. The van der Waals surface area contributed by atoms with Crippen LogP contribution in [0.3, 0.4) is 0 Å². The summed E-state index contributed by atoms with van der Waals surface area (Å²) < 4.78 is 77.3. The van der Waals surface area contributed by atoms with Crippen LogP contribution in [0, 0.1) is 11.3 Å². The number of nitrogens with zero attached hydrogens (tertiary/aromatic N) is 1. The maximum Gasteiger partial charge on any atom is 0.423 e. The Morgan fingerprint density at radius 3 is 2.00 bits per heavy atom. The van der Waals surface area contributed by atoms with Crippen LogP contribution in [-0.4, -0.2) is 36.6 Å². The molecule has 0 heterocycles. The Labute approximate surface area is 105 Å². The highest BCUT2D eigenvalue weighted by Crippen LogP contribution is 2.36. The quantitative estimate of drug-likeness (QED) is 0.791. The fourth-order valence-electron chi connectivity index (χ4n) is 1.41. The SMILES string of the molecule is CC(C#N)(COC(C(F)(F)F)C(F)(F)F)NC1CC1. The first-order valence-corrected chi connectivity index (χ1v) is 5.42. The van der Waals surface area contributed by atoms with Crippen molar-refractivity contribution in [3.8, 4) is 6.07 Å². The van der Waals surface area contributed by atoms with Crippen molar-refractivity contribution in [3.63, 3.8) is 0 Å². The van der Waals surface area contributed by atoms with E-state index in [1.807, 2.05) is 0 Å². The maximum atomic E-state index is 12.2. The zero-order valence-corrected chi connectivity index (χ0v) is 9.90. The van der Waals surface area contributed by atoms with Crippen LogP contribution < -0.4 is 5.32 Å². The fraction of sp³-hybridized carbons (Fsp3) is 0.900. The van der Waals surface area contributed by atoms with E-state index in [1.165, 1.54) is 6.92 Å². The van der Waals surface area contributed by atoms with E-state index in [0.29, 0.717) is 0 Å². The zero-order chi connectivity index (χ0) is 14.9. The predicted octanol–water partition coefficient (Wildman–Crippen LogP) is 2.53. The molecule has 1 aliphatic carbocycles. The molecule has 0 aromatic heterocycles. The first-order chi connectivity index (χ1) is 8.48. The molecule has 0 bridgehead atoms. The number of rotatable bonds is 5. The summed E-state index contributed by atoms with van der Waals surface area (Å²) in [4.78, 5) is 0. The number of alkyl halides is 6. The first-order valence-electron chi connectivity index (χ1n) is 5.42. The molecular formula is C10H12F6N2O. The van der Waals surface area contributed by atoms with Crippen molar-refractivity contribution in [2.45, 2.75) is 49.8 Å². The van der Waals surface area contributed by atoms with Gasteiger partial charge in [0.1, 0.15) is 5.54 Å². The number of hydrogen-bond donors (Lipinski definition) is 1. The van der Waals surface area contributed by atoms with Crippen LogP contribution in [0.1, 0.15) is 19.8 Å². The summed E-state index contributed by atoms with van der Waals surface area (Å²) in [6.07, 6.45) is -13.5. The van der Waals surface area contributed by atoms with E-state index in [4.69, 9.17) is 5.26 Å². The van der Waals surface area contributed by atoms with Crippen LogP contribution in [0.4, 0.5) is 26.3 Å². The molecule has 1 atom stereocenters. The Morgan fingerprint density at radius 1 is 1.21 bits per heavy atom. The van der Waals surface area contributed by atoms with Crippen LogP contribution in [0.15, 0.2) is 0 Å². The molecule has 1 unspecified atom stereocenters. The number of nitrogens with one attached hydrogen (secondary N) is 1. The monoisotopic (exact) mass is 290 g/mol. The second kappa shape index (κ2) is 5.17. The molecule has 0 saturated heterocycles. The van der Waals surface area contributed by atoms with E-state index in [-0.39, 0.29) is 6.04 Å². The number of ether oxygens (including phenoxy) is 1. The van der Waals surface area contributed by atoms with E-state index < -0.39 is 30.6 Å². The van der Waals surface area contributed by atoms with Crippen molar-refractivity contribution in [1.29, 1.82) is 5.26 Å². The highest BCUT2D eigenvalue weighted by molar-refractivity contribution is 5.07. The third-order valence-corrected chi connectivity index (χ3v) is 2.48. The number of nitriles is 1. The molecule has 0 spiro atoms. The minimum atomic E-state index is -5.56. The molecule has 0 aromatic carbocycles. The molecule has 0 radical (unpaired) electrons. The molecule has 1 saturated carbocycles. The highest BCUT2D eigenvalue weighted by Gasteiger charge is 2.58. The predicted molar refractivity (Wildman–Crippen MR) is 52.0 cm³/mol. The molecule has 9 heteroatoms. The third-order valence-electron chi connectivity index (χ3n) is 2.48. The van der Waals surface area contributed by atoms with Gasteiger partial charge in [-0.25, -0.2) is 0 Å². The van der Waals surface area contributed by atoms with Crippen LogP contribution >= 0.6 is 0 Å². The molecule has 1 fully saturated rings. The summed E-state index contributed by atoms with van der Waals surface area (Å²) in [6.45, 7) is 0.207. The van der Waals surface area contributed by atoms with Gasteiger partial charge in [-0.05, 0) is 19.8 Å². The van der Waals surface area contributed by atoms with E-state index in [1.54, 1.807) is 6.07 Å². The van der Waals surface area contributed by atoms with Gasteiger partial charge in [0, 0.05) is 6.04 Å². The Kier molecular flexibility index (Phi) is 4.37. The average Bonchev–Trinajstić information content (AvgIpc) is 2.97. The minimum absolute atomic E-state index is 0.0523. The van der Waals surface area contributed by atoms with Crippen molar-refractivity contribution in [2.24, 2.45) is 0 Å². The lowest BCUT2D eigenvalue weighted by Gasteiger charge is -2.28. The summed E-state index contributed by atoms with van der Waals surface area (Å²) in [6, 6.07) is 1.58. The van der Waals surface area contributed by atoms with Gasteiger partial charge in [0.2, 0.25) is 6.10 Å². The molecular weight excluding hydrogens is 278 g/mol. The van der Waals surface area contributed by atoms with E-state index in [9.17, 15) is 26.3 Å². The van der Waals surface area contributed by atoms with E-state index in [2.05, 4.69) is 10.1 Å². The minimum Gasteiger partial charge on any atom is -0.358 e. The van der Waals surface area contributed by atoms with Crippen LogP contribution in [0.5, 0.6) is 0 Å². The van der Waals surface area contributed by atoms with Gasteiger partial charge in [0.05, 0.1) is 12.7 Å². The second-order valence-corrected chi connectivity index (χ2v) is 4.64. The van der Waals surface area contributed by atoms with Crippen molar-refractivity contribution < 1.29 is 31.1 Å². The normalized spacial score (nSPS) is 20.2. The van der Waals surface area contributed by atoms with Crippen molar-refractivity contribution in [2.75, 3.05) is 6.61 Å². The van der Waals surface area contributed by atoms with Crippen LogP contribution in [-0.2, 0) is 4.74 Å².